The number of imidazole rings is 1. The predicted molar refractivity (Wildman–Crippen MR) is 86.2 cm³/mol. The first kappa shape index (κ1) is 13.9. The van der Waals surface area contributed by atoms with Crippen LogP contribution in [0.3, 0.4) is 0 Å². The van der Waals surface area contributed by atoms with Crippen molar-refractivity contribution in [3.63, 3.8) is 0 Å². The molecule has 0 unspecified atom stereocenters. The van der Waals surface area contributed by atoms with Crippen LogP contribution in [-0.4, -0.2) is 21.0 Å². The summed E-state index contributed by atoms with van der Waals surface area (Å²) in [5.41, 5.74) is 1.72. The van der Waals surface area contributed by atoms with Crippen LogP contribution in [0.15, 0.2) is 47.5 Å². The summed E-state index contributed by atoms with van der Waals surface area (Å²) in [7, 11) is 0. The topological polar surface area (TPSA) is 51.5 Å². The van der Waals surface area contributed by atoms with Crippen LogP contribution in [-0.2, 0) is 0 Å². The lowest BCUT2D eigenvalue weighted by Gasteiger charge is -2.09. The molecule has 2 heterocycles. The molecule has 0 bridgehead atoms. The van der Waals surface area contributed by atoms with Crippen LogP contribution >= 0.6 is 15.9 Å². The Morgan fingerprint density at radius 1 is 1.29 bits per heavy atom. The van der Waals surface area contributed by atoms with E-state index in [0.717, 1.165) is 34.7 Å². The number of benzene rings is 1. The number of rotatable bonds is 5. The van der Waals surface area contributed by atoms with Crippen molar-refractivity contribution < 1.29 is 4.74 Å². The number of aromatic nitrogens is 3. The highest BCUT2D eigenvalue weighted by Crippen LogP contribution is 2.23. The Morgan fingerprint density at radius 3 is 2.86 bits per heavy atom. The standard InChI is InChI=1S/C15H15BrN4O/c1-2-9-21-12-5-3-11(4-6-12)18-14-15-17-7-8-20(15)10-13(16)19-14/h3-8,10H,2,9H2,1H3,(H,18,19). The highest BCUT2D eigenvalue weighted by Gasteiger charge is 2.06. The summed E-state index contributed by atoms with van der Waals surface area (Å²) in [6.07, 6.45) is 6.50. The monoisotopic (exact) mass is 346 g/mol. The maximum Gasteiger partial charge on any atom is 0.180 e. The molecular weight excluding hydrogens is 332 g/mol. The molecule has 5 nitrogen and oxygen atoms in total. The third-order valence-corrected chi connectivity index (χ3v) is 3.32. The number of anilines is 2. The van der Waals surface area contributed by atoms with Crippen LogP contribution in [0.1, 0.15) is 13.3 Å². The van der Waals surface area contributed by atoms with Crippen molar-refractivity contribution in [3.05, 3.63) is 47.5 Å². The van der Waals surface area contributed by atoms with Gasteiger partial charge in [0.15, 0.2) is 11.5 Å². The summed E-state index contributed by atoms with van der Waals surface area (Å²) >= 11 is 3.40. The molecule has 0 atom stereocenters. The van der Waals surface area contributed by atoms with E-state index >= 15 is 0 Å². The third kappa shape index (κ3) is 3.16. The van der Waals surface area contributed by atoms with Gasteiger partial charge in [0.2, 0.25) is 0 Å². The summed E-state index contributed by atoms with van der Waals surface area (Å²) < 4.78 is 8.23. The number of halogens is 1. The molecular formula is C15H15BrN4O. The van der Waals surface area contributed by atoms with E-state index in [0.29, 0.717) is 5.82 Å². The molecule has 0 radical (unpaired) electrons. The van der Waals surface area contributed by atoms with E-state index in [-0.39, 0.29) is 0 Å². The average Bonchev–Trinajstić information content (AvgIpc) is 2.95. The molecule has 0 saturated heterocycles. The summed E-state index contributed by atoms with van der Waals surface area (Å²) in [5.74, 6) is 1.58. The van der Waals surface area contributed by atoms with E-state index in [4.69, 9.17) is 4.74 Å². The van der Waals surface area contributed by atoms with Crippen molar-refractivity contribution in [3.8, 4) is 5.75 Å². The van der Waals surface area contributed by atoms with Gasteiger partial charge in [0, 0.05) is 24.3 Å². The maximum atomic E-state index is 5.57. The zero-order valence-corrected chi connectivity index (χ0v) is 13.2. The number of ether oxygens (including phenoxy) is 1. The van der Waals surface area contributed by atoms with Crippen LogP contribution in [0.4, 0.5) is 11.5 Å². The minimum absolute atomic E-state index is 0.705. The fourth-order valence-corrected chi connectivity index (χ4v) is 2.37. The van der Waals surface area contributed by atoms with Gasteiger partial charge in [-0.15, -0.1) is 0 Å². The number of hydrogen-bond acceptors (Lipinski definition) is 4. The highest BCUT2D eigenvalue weighted by atomic mass is 79.9. The molecule has 0 aliphatic carbocycles. The van der Waals surface area contributed by atoms with Crippen molar-refractivity contribution in [2.75, 3.05) is 11.9 Å². The minimum atomic E-state index is 0.705. The highest BCUT2D eigenvalue weighted by molar-refractivity contribution is 9.10. The van der Waals surface area contributed by atoms with Gasteiger partial charge in [-0.3, -0.25) is 0 Å². The van der Waals surface area contributed by atoms with Gasteiger partial charge in [0.05, 0.1) is 6.61 Å². The second-order valence-electron chi connectivity index (χ2n) is 4.57. The molecule has 6 heteroatoms. The van der Waals surface area contributed by atoms with Gasteiger partial charge in [0.25, 0.3) is 0 Å². The Bertz CT molecular complexity index is 739. The van der Waals surface area contributed by atoms with Crippen molar-refractivity contribution >= 4 is 33.1 Å². The quantitative estimate of drug-likeness (QED) is 0.757. The lowest BCUT2D eigenvalue weighted by molar-refractivity contribution is 0.317. The Kier molecular flexibility index (Phi) is 4.06. The van der Waals surface area contributed by atoms with Crippen LogP contribution in [0.5, 0.6) is 5.75 Å². The number of nitrogens with zero attached hydrogens (tertiary/aromatic N) is 3. The van der Waals surface area contributed by atoms with Gasteiger partial charge in [-0.25, -0.2) is 9.97 Å². The summed E-state index contributed by atoms with van der Waals surface area (Å²) in [5, 5.41) is 3.28. The Hall–Kier alpha value is -2.08. The molecule has 2 aromatic heterocycles. The van der Waals surface area contributed by atoms with Gasteiger partial charge >= 0.3 is 0 Å². The SMILES string of the molecule is CCCOc1ccc(Nc2nc(Br)cn3ccnc23)cc1. The fourth-order valence-electron chi connectivity index (χ4n) is 1.98. The first-order chi connectivity index (χ1) is 10.3. The molecule has 0 fully saturated rings. The summed E-state index contributed by atoms with van der Waals surface area (Å²) in [4.78, 5) is 8.74. The van der Waals surface area contributed by atoms with Crippen molar-refractivity contribution in [2.24, 2.45) is 0 Å². The van der Waals surface area contributed by atoms with Gasteiger partial charge in [0.1, 0.15) is 10.4 Å². The van der Waals surface area contributed by atoms with E-state index in [1.807, 2.05) is 41.1 Å². The molecule has 0 saturated carbocycles. The average molecular weight is 347 g/mol. The van der Waals surface area contributed by atoms with Gasteiger partial charge in [-0.2, -0.15) is 0 Å². The smallest absolute Gasteiger partial charge is 0.180 e. The van der Waals surface area contributed by atoms with Crippen LogP contribution < -0.4 is 10.1 Å². The van der Waals surface area contributed by atoms with Crippen LogP contribution in [0.25, 0.3) is 5.65 Å². The summed E-state index contributed by atoms with van der Waals surface area (Å²) in [6, 6.07) is 7.82. The third-order valence-electron chi connectivity index (χ3n) is 2.93. The largest absolute Gasteiger partial charge is 0.494 e. The lowest BCUT2D eigenvalue weighted by atomic mass is 10.3. The predicted octanol–water partition coefficient (Wildman–Crippen LogP) is 4.02. The Morgan fingerprint density at radius 2 is 2.10 bits per heavy atom. The van der Waals surface area contributed by atoms with Gasteiger partial charge < -0.3 is 14.5 Å². The molecule has 1 aromatic carbocycles. The molecule has 108 valence electrons. The first-order valence-corrected chi connectivity index (χ1v) is 7.54. The number of fused-ring (bicyclic) bond motifs is 1. The molecule has 21 heavy (non-hydrogen) atoms. The van der Waals surface area contributed by atoms with Crippen LogP contribution in [0.2, 0.25) is 0 Å². The van der Waals surface area contributed by atoms with Crippen molar-refractivity contribution in [1.29, 1.82) is 0 Å². The molecule has 1 N–H and O–H groups in total. The van der Waals surface area contributed by atoms with E-state index in [2.05, 4.69) is 38.1 Å². The summed E-state index contributed by atoms with van der Waals surface area (Å²) in [6.45, 7) is 2.82. The zero-order valence-electron chi connectivity index (χ0n) is 11.6. The van der Waals surface area contributed by atoms with E-state index in [1.165, 1.54) is 0 Å². The van der Waals surface area contributed by atoms with Crippen LogP contribution in [0, 0.1) is 0 Å². The van der Waals surface area contributed by atoms with Gasteiger partial charge in [-0.05, 0) is 46.6 Å². The fraction of sp³-hybridized carbons (Fsp3) is 0.200. The Labute approximate surface area is 131 Å². The minimum Gasteiger partial charge on any atom is -0.494 e. The normalized spacial score (nSPS) is 10.8. The molecule has 0 amide bonds. The molecule has 3 aromatic rings. The van der Waals surface area contributed by atoms with E-state index in [9.17, 15) is 0 Å². The molecule has 0 aliphatic rings. The Balaban J connectivity index is 1.83. The van der Waals surface area contributed by atoms with E-state index in [1.54, 1.807) is 6.20 Å². The molecule has 3 rings (SSSR count). The second kappa shape index (κ2) is 6.13. The number of hydrogen-bond donors (Lipinski definition) is 1. The molecule has 0 spiro atoms. The van der Waals surface area contributed by atoms with Crippen molar-refractivity contribution in [1.82, 2.24) is 14.4 Å². The number of nitrogens with one attached hydrogen (secondary N) is 1. The first-order valence-electron chi connectivity index (χ1n) is 6.75. The lowest BCUT2D eigenvalue weighted by Crippen LogP contribution is -1.99. The second-order valence-corrected chi connectivity index (χ2v) is 5.38. The van der Waals surface area contributed by atoms with E-state index < -0.39 is 0 Å². The molecule has 0 aliphatic heterocycles. The zero-order chi connectivity index (χ0) is 14.7. The van der Waals surface area contributed by atoms with Gasteiger partial charge in [-0.1, -0.05) is 6.92 Å². The van der Waals surface area contributed by atoms with Crippen molar-refractivity contribution in [2.45, 2.75) is 13.3 Å². The maximum absolute atomic E-state index is 5.57.